The van der Waals surface area contributed by atoms with Crippen molar-refractivity contribution in [2.45, 2.75) is 32.7 Å². The van der Waals surface area contributed by atoms with Crippen LogP contribution in [0, 0.1) is 0 Å². The molecule has 0 radical (unpaired) electrons. The minimum absolute atomic E-state index is 0.266. The molecule has 0 N–H and O–H groups in total. The molecular formula is C18H19ClNO3-. The van der Waals surface area contributed by atoms with Gasteiger partial charge in [0.1, 0.15) is 11.3 Å². The fourth-order valence-electron chi connectivity index (χ4n) is 3.15. The van der Waals surface area contributed by atoms with Crippen LogP contribution in [-0.4, -0.2) is 24.5 Å². The molecule has 0 atom stereocenters. The Morgan fingerprint density at radius 2 is 2.22 bits per heavy atom. The minimum atomic E-state index is -1.14. The van der Waals surface area contributed by atoms with Gasteiger partial charge in [-0.25, -0.2) is 0 Å². The maximum absolute atomic E-state index is 11.3. The van der Waals surface area contributed by atoms with Crippen molar-refractivity contribution in [1.29, 1.82) is 0 Å². The fourth-order valence-corrected chi connectivity index (χ4v) is 3.40. The van der Waals surface area contributed by atoms with Gasteiger partial charge < -0.3 is 19.2 Å². The van der Waals surface area contributed by atoms with E-state index in [1.807, 2.05) is 26.1 Å². The Hall–Kier alpha value is -1.78. The maximum Gasteiger partial charge on any atom is 0.135 e. The van der Waals surface area contributed by atoms with Crippen LogP contribution in [-0.2, 0) is 17.8 Å². The standard InChI is InChI=1S/C18H20ClNO3/c1-3-4-11(18(21)22)9-16-13-10-20(2)8-7-12-14(19)5-6-15(23-16)17(12)13/h5-6,9H,3-4,7-8,10H2,1-2H3,(H,21,22)/p-1/b11-9+. The minimum Gasteiger partial charge on any atom is -0.545 e. The smallest absolute Gasteiger partial charge is 0.135 e. The maximum atomic E-state index is 11.3. The third-order valence-corrected chi connectivity index (χ3v) is 4.65. The van der Waals surface area contributed by atoms with Crippen molar-refractivity contribution in [2.24, 2.45) is 0 Å². The summed E-state index contributed by atoms with van der Waals surface area (Å²) < 4.78 is 5.94. The van der Waals surface area contributed by atoms with Gasteiger partial charge in [0.15, 0.2) is 0 Å². The molecule has 0 bridgehead atoms. The molecule has 1 aliphatic rings. The lowest BCUT2D eigenvalue weighted by Gasteiger charge is -2.13. The number of carbonyl (C=O) groups is 1. The largest absolute Gasteiger partial charge is 0.545 e. The van der Waals surface area contributed by atoms with Gasteiger partial charge in [0.25, 0.3) is 0 Å². The van der Waals surface area contributed by atoms with Crippen molar-refractivity contribution in [2.75, 3.05) is 13.6 Å². The number of carboxylic acids is 1. The Kier molecular flexibility index (Phi) is 4.46. The zero-order chi connectivity index (χ0) is 16.6. The normalized spacial score (nSPS) is 15.9. The van der Waals surface area contributed by atoms with Gasteiger partial charge in [0, 0.05) is 29.1 Å². The van der Waals surface area contributed by atoms with Crippen LogP contribution in [0.15, 0.2) is 22.1 Å². The summed E-state index contributed by atoms with van der Waals surface area (Å²) in [5.41, 5.74) is 3.11. The zero-order valence-electron chi connectivity index (χ0n) is 13.3. The van der Waals surface area contributed by atoms with Crippen molar-refractivity contribution in [1.82, 2.24) is 4.90 Å². The number of benzene rings is 1. The third-order valence-electron chi connectivity index (χ3n) is 4.30. The first-order chi connectivity index (χ1) is 11.0. The van der Waals surface area contributed by atoms with Crippen molar-refractivity contribution in [3.8, 4) is 0 Å². The molecule has 5 heteroatoms. The number of likely N-dealkylation sites (N-methyl/N-ethyl adjacent to an activating group) is 1. The molecule has 0 saturated heterocycles. The second kappa shape index (κ2) is 6.38. The van der Waals surface area contributed by atoms with Crippen LogP contribution < -0.4 is 5.11 Å². The number of aliphatic carboxylic acids is 1. The quantitative estimate of drug-likeness (QED) is 0.808. The molecule has 0 fully saturated rings. The summed E-state index contributed by atoms with van der Waals surface area (Å²) in [5, 5.41) is 13.1. The van der Waals surface area contributed by atoms with Crippen LogP contribution in [0.25, 0.3) is 17.0 Å². The van der Waals surface area contributed by atoms with Gasteiger partial charge in [0.2, 0.25) is 0 Å². The van der Waals surface area contributed by atoms with Gasteiger partial charge in [-0.3, -0.25) is 0 Å². The molecule has 0 amide bonds. The van der Waals surface area contributed by atoms with Gasteiger partial charge in [0.05, 0.1) is 5.97 Å². The molecule has 122 valence electrons. The van der Waals surface area contributed by atoms with Crippen molar-refractivity contribution < 1.29 is 14.3 Å². The lowest BCUT2D eigenvalue weighted by molar-refractivity contribution is -0.299. The lowest BCUT2D eigenvalue weighted by Crippen LogP contribution is -2.24. The Morgan fingerprint density at radius 3 is 2.91 bits per heavy atom. The molecule has 2 heterocycles. The second-order valence-electron chi connectivity index (χ2n) is 6.04. The Labute approximate surface area is 140 Å². The highest BCUT2D eigenvalue weighted by molar-refractivity contribution is 6.32. The molecule has 0 aliphatic carbocycles. The van der Waals surface area contributed by atoms with Crippen LogP contribution in [0.2, 0.25) is 5.02 Å². The van der Waals surface area contributed by atoms with Gasteiger partial charge in [-0.2, -0.15) is 0 Å². The number of hydrogen-bond donors (Lipinski definition) is 0. The SMILES string of the molecule is CCC/C(=C\c1oc2ccc(Cl)c3c2c1CN(C)CC3)C(=O)[O-]. The molecule has 1 aromatic heterocycles. The average Bonchev–Trinajstić information content (AvgIpc) is 2.72. The zero-order valence-corrected chi connectivity index (χ0v) is 14.1. The summed E-state index contributed by atoms with van der Waals surface area (Å²) in [4.78, 5) is 13.5. The predicted octanol–water partition coefficient (Wildman–Crippen LogP) is 3.01. The van der Waals surface area contributed by atoms with E-state index in [0.29, 0.717) is 18.7 Å². The molecule has 0 spiro atoms. The molecular weight excluding hydrogens is 314 g/mol. The van der Waals surface area contributed by atoms with E-state index in [2.05, 4.69) is 4.90 Å². The van der Waals surface area contributed by atoms with Gasteiger partial charge >= 0.3 is 0 Å². The number of rotatable bonds is 4. The van der Waals surface area contributed by atoms with Crippen LogP contribution in [0.1, 0.15) is 36.7 Å². The van der Waals surface area contributed by atoms with Gasteiger partial charge in [-0.05, 0) is 49.2 Å². The molecule has 0 unspecified atom stereocenters. The Balaban J connectivity index is 2.22. The van der Waals surface area contributed by atoms with Crippen LogP contribution in [0.4, 0.5) is 0 Å². The molecule has 1 aromatic carbocycles. The van der Waals surface area contributed by atoms with E-state index in [-0.39, 0.29) is 5.57 Å². The molecule has 1 aliphatic heterocycles. The van der Waals surface area contributed by atoms with Crippen LogP contribution in [0.5, 0.6) is 0 Å². The summed E-state index contributed by atoms with van der Waals surface area (Å²) in [6, 6.07) is 3.70. The van der Waals surface area contributed by atoms with E-state index in [9.17, 15) is 9.90 Å². The second-order valence-corrected chi connectivity index (χ2v) is 6.45. The highest BCUT2D eigenvalue weighted by Crippen LogP contribution is 2.37. The lowest BCUT2D eigenvalue weighted by atomic mass is 10.0. The van der Waals surface area contributed by atoms with E-state index in [1.54, 1.807) is 6.08 Å². The van der Waals surface area contributed by atoms with E-state index in [4.69, 9.17) is 16.0 Å². The monoisotopic (exact) mass is 332 g/mol. The summed E-state index contributed by atoms with van der Waals surface area (Å²) in [6.45, 7) is 3.55. The molecule has 0 saturated carbocycles. The predicted molar refractivity (Wildman–Crippen MR) is 89.2 cm³/mol. The molecule has 23 heavy (non-hydrogen) atoms. The summed E-state index contributed by atoms with van der Waals surface area (Å²) in [5.74, 6) is -0.537. The van der Waals surface area contributed by atoms with Gasteiger partial charge in [-0.15, -0.1) is 0 Å². The average molecular weight is 333 g/mol. The number of carboxylic acid groups (broad SMARTS) is 1. The van der Waals surface area contributed by atoms with E-state index in [1.165, 1.54) is 0 Å². The van der Waals surface area contributed by atoms with Gasteiger partial charge in [-0.1, -0.05) is 24.9 Å². The first-order valence-corrected chi connectivity index (χ1v) is 8.22. The summed E-state index contributed by atoms with van der Waals surface area (Å²) in [6.07, 6.45) is 3.67. The summed E-state index contributed by atoms with van der Waals surface area (Å²) in [7, 11) is 2.04. The van der Waals surface area contributed by atoms with Crippen molar-refractivity contribution >= 4 is 34.6 Å². The molecule has 4 nitrogen and oxygen atoms in total. The van der Waals surface area contributed by atoms with E-state index in [0.717, 1.165) is 46.5 Å². The number of halogens is 1. The Morgan fingerprint density at radius 1 is 1.43 bits per heavy atom. The van der Waals surface area contributed by atoms with Crippen molar-refractivity contribution in [3.63, 3.8) is 0 Å². The highest BCUT2D eigenvalue weighted by atomic mass is 35.5. The van der Waals surface area contributed by atoms with Crippen LogP contribution in [0.3, 0.4) is 0 Å². The molecule has 2 aromatic rings. The van der Waals surface area contributed by atoms with Crippen LogP contribution >= 0.6 is 11.6 Å². The third kappa shape index (κ3) is 3.01. The fraction of sp³-hybridized carbons (Fsp3) is 0.389. The topological polar surface area (TPSA) is 56.5 Å². The van der Waals surface area contributed by atoms with E-state index >= 15 is 0 Å². The first kappa shape index (κ1) is 16.1. The van der Waals surface area contributed by atoms with Crippen molar-refractivity contribution in [3.05, 3.63) is 39.6 Å². The summed E-state index contributed by atoms with van der Waals surface area (Å²) >= 11 is 6.36. The number of carbonyl (C=O) groups excluding carboxylic acids is 1. The van der Waals surface area contributed by atoms with E-state index < -0.39 is 5.97 Å². The number of hydrogen-bond acceptors (Lipinski definition) is 4. The number of nitrogens with zero attached hydrogens (tertiary/aromatic N) is 1. The first-order valence-electron chi connectivity index (χ1n) is 7.84. The number of furan rings is 1. The molecule has 3 rings (SSSR count). The Bertz CT molecular complexity index is 791. The highest BCUT2D eigenvalue weighted by Gasteiger charge is 2.22.